The quantitative estimate of drug-likeness (QED) is 0.790. The predicted molar refractivity (Wildman–Crippen MR) is 80.9 cm³/mol. The first-order valence-electron chi connectivity index (χ1n) is 7.00. The van der Waals surface area contributed by atoms with E-state index in [1.165, 1.54) is 31.3 Å². The SMILES string of the molecule is CNC(=O)c1ccc(NCCOc2ccccc2C(F)(F)F)nn1. The van der Waals surface area contributed by atoms with Crippen molar-refractivity contribution in [3.05, 3.63) is 47.7 Å². The van der Waals surface area contributed by atoms with Crippen LogP contribution in [0.3, 0.4) is 0 Å². The van der Waals surface area contributed by atoms with Gasteiger partial charge in [0.15, 0.2) is 5.69 Å². The van der Waals surface area contributed by atoms with Crippen LogP contribution in [0.15, 0.2) is 36.4 Å². The first-order valence-corrected chi connectivity index (χ1v) is 7.00. The average Bonchev–Trinajstić information content (AvgIpc) is 2.58. The number of benzene rings is 1. The van der Waals surface area contributed by atoms with Crippen LogP contribution < -0.4 is 15.4 Å². The Morgan fingerprint density at radius 3 is 2.54 bits per heavy atom. The van der Waals surface area contributed by atoms with Gasteiger partial charge in [-0.1, -0.05) is 12.1 Å². The minimum Gasteiger partial charge on any atom is -0.491 e. The third-order valence-corrected chi connectivity index (χ3v) is 2.98. The van der Waals surface area contributed by atoms with Gasteiger partial charge in [0.05, 0.1) is 12.1 Å². The Morgan fingerprint density at radius 2 is 1.92 bits per heavy atom. The van der Waals surface area contributed by atoms with Gasteiger partial charge in [-0.05, 0) is 24.3 Å². The molecule has 2 rings (SSSR count). The molecule has 0 aliphatic heterocycles. The number of rotatable bonds is 6. The monoisotopic (exact) mass is 340 g/mol. The van der Waals surface area contributed by atoms with Gasteiger partial charge in [-0.15, -0.1) is 10.2 Å². The van der Waals surface area contributed by atoms with Gasteiger partial charge in [0.2, 0.25) is 0 Å². The maximum atomic E-state index is 12.8. The second-order valence-electron chi connectivity index (χ2n) is 4.65. The van der Waals surface area contributed by atoms with E-state index in [1.54, 1.807) is 6.07 Å². The van der Waals surface area contributed by atoms with Gasteiger partial charge >= 0.3 is 6.18 Å². The molecule has 0 saturated heterocycles. The van der Waals surface area contributed by atoms with E-state index in [0.717, 1.165) is 6.07 Å². The summed E-state index contributed by atoms with van der Waals surface area (Å²) in [6, 6.07) is 8.03. The molecular formula is C15H15F3N4O2. The lowest BCUT2D eigenvalue weighted by molar-refractivity contribution is -0.138. The average molecular weight is 340 g/mol. The molecule has 1 amide bonds. The summed E-state index contributed by atoms with van der Waals surface area (Å²) >= 11 is 0. The third kappa shape index (κ3) is 4.58. The zero-order valence-corrected chi connectivity index (χ0v) is 12.7. The van der Waals surface area contributed by atoms with Crippen LogP contribution in [0, 0.1) is 0 Å². The largest absolute Gasteiger partial charge is 0.491 e. The number of nitrogens with zero attached hydrogens (tertiary/aromatic N) is 2. The topological polar surface area (TPSA) is 76.1 Å². The van der Waals surface area contributed by atoms with E-state index in [9.17, 15) is 18.0 Å². The van der Waals surface area contributed by atoms with Gasteiger partial charge in [-0.3, -0.25) is 4.79 Å². The van der Waals surface area contributed by atoms with Crippen molar-refractivity contribution in [3.63, 3.8) is 0 Å². The van der Waals surface area contributed by atoms with Crippen LogP contribution in [-0.4, -0.2) is 36.3 Å². The summed E-state index contributed by atoms with van der Waals surface area (Å²) in [5, 5.41) is 12.8. The summed E-state index contributed by atoms with van der Waals surface area (Å²) in [5.41, 5.74) is -0.655. The summed E-state index contributed by atoms with van der Waals surface area (Å²) in [7, 11) is 1.48. The van der Waals surface area contributed by atoms with E-state index < -0.39 is 11.7 Å². The molecule has 0 saturated carbocycles. The van der Waals surface area contributed by atoms with Crippen LogP contribution in [0.25, 0.3) is 0 Å². The second kappa shape index (κ2) is 7.62. The molecule has 0 fully saturated rings. The standard InChI is InChI=1S/C15H15F3N4O2/c1-19-14(23)11-6-7-13(22-21-11)20-8-9-24-12-5-3-2-4-10(12)15(16,17)18/h2-7H,8-9H2,1H3,(H,19,23)(H,20,22). The molecule has 9 heteroatoms. The van der Waals surface area contributed by atoms with Crippen LogP contribution in [0.2, 0.25) is 0 Å². The summed E-state index contributed by atoms with van der Waals surface area (Å²) in [6.07, 6.45) is -4.47. The van der Waals surface area contributed by atoms with Gasteiger partial charge in [0, 0.05) is 7.05 Å². The summed E-state index contributed by atoms with van der Waals surface area (Å²) in [6.45, 7) is 0.228. The number of ether oxygens (including phenoxy) is 1. The smallest absolute Gasteiger partial charge is 0.419 e. The number of para-hydroxylation sites is 1. The Kier molecular flexibility index (Phi) is 5.56. The van der Waals surface area contributed by atoms with Gasteiger partial charge in [-0.2, -0.15) is 13.2 Å². The van der Waals surface area contributed by atoms with Crippen molar-refractivity contribution in [1.29, 1.82) is 0 Å². The van der Waals surface area contributed by atoms with E-state index in [4.69, 9.17) is 4.74 Å². The molecule has 1 aromatic heterocycles. The first kappa shape index (κ1) is 17.5. The van der Waals surface area contributed by atoms with Crippen LogP contribution >= 0.6 is 0 Å². The van der Waals surface area contributed by atoms with Crippen molar-refractivity contribution in [1.82, 2.24) is 15.5 Å². The minimum absolute atomic E-state index is 0.00592. The van der Waals surface area contributed by atoms with Crippen molar-refractivity contribution < 1.29 is 22.7 Å². The molecule has 0 radical (unpaired) electrons. The summed E-state index contributed by atoms with van der Waals surface area (Å²) in [5.74, 6) is -0.204. The Bertz CT molecular complexity index is 690. The summed E-state index contributed by atoms with van der Waals surface area (Å²) in [4.78, 5) is 11.3. The molecule has 0 unspecified atom stereocenters. The van der Waals surface area contributed by atoms with Crippen molar-refractivity contribution in [2.24, 2.45) is 0 Å². The first-order chi connectivity index (χ1) is 11.4. The molecule has 0 spiro atoms. The number of anilines is 1. The molecule has 2 aromatic rings. The van der Waals surface area contributed by atoms with E-state index in [2.05, 4.69) is 20.8 Å². The summed E-state index contributed by atoms with van der Waals surface area (Å²) < 4.78 is 43.6. The lowest BCUT2D eigenvalue weighted by Crippen LogP contribution is -2.20. The van der Waals surface area contributed by atoms with Crippen molar-refractivity contribution in [3.8, 4) is 5.75 Å². The maximum absolute atomic E-state index is 12.8. The molecule has 0 atom stereocenters. The lowest BCUT2D eigenvalue weighted by Gasteiger charge is -2.14. The number of halogens is 3. The lowest BCUT2D eigenvalue weighted by atomic mass is 10.2. The Balaban J connectivity index is 1.87. The highest BCUT2D eigenvalue weighted by atomic mass is 19.4. The second-order valence-corrected chi connectivity index (χ2v) is 4.65. The zero-order chi connectivity index (χ0) is 17.6. The molecule has 0 aliphatic rings. The molecule has 0 aliphatic carbocycles. The van der Waals surface area contributed by atoms with E-state index in [0.29, 0.717) is 5.82 Å². The highest BCUT2D eigenvalue weighted by Crippen LogP contribution is 2.35. The van der Waals surface area contributed by atoms with Crippen LogP contribution in [0.5, 0.6) is 5.75 Å². The molecule has 1 aromatic carbocycles. The molecule has 0 bridgehead atoms. The van der Waals surface area contributed by atoms with Gasteiger partial charge in [0.25, 0.3) is 5.91 Å². The number of hydrogen-bond donors (Lipinski definition) is 2. The van der Waals surface area contributed by atoms with Gasteiger partial charge < -0.3 is 15.4 Å². The molecule has 2 N–H and O–H groups in total. The highest BCUT2D eigenvalue weighted by Gasteiger charge is 2.33. The number of amides is 1. The highest BCUT2D eigenvalue weighted by molar-refractivity contribution is 5.91. The predicted octanol–water partition coefficient (Wildman–Crippen LogP) is 2.35. The molecule has 128 valence electrons. The molecular weight excluding hydrogens is 325 g/mol. The Hall–Kier alpha value is -2.84. The van der Waals surface area contributed by atoms with E-state index in [1.807, 2.05) is 0 Å². The number of nitrogens with one attached hydrogen (secondary N) is 2. The van der Waals surface area contributed by atoms with Crippen LogP contribution in [-0.2, 0) is 6.18 Å². The maximum Gasteiger partial charge on any atom is 0.419 e. The van der Waals surface area contributed by atoms with Crippen molar-refractivity contribution >= 4 is 11.7 Å². The van der Waals surface area contributed by atoms with Crippen LogP contribution in [0.1, 0.15) is 16.1 Å². The normalized spacial score (nSPS) is 11.0. The fourth-order valence-corrected chi connectivity index (χ4v) is 1.84. The van der Waals surface area contributed by atoms with E-state index >= 15 is 0 Å². The Morgan fingerprint density at radius 1 is 1.17 bits per heavy atom. The number of carbonyl (C=O) groups excluding carboxylic acids is 1. The number of aromatic nitrogens is 2. The van der Waals surface area contributed by atoms with Crippen molar-refractivity contribution in [2.75, 3.05) is 25.5 Å². The molecule has 6 nitrogen and oxygen atoms in total. The third-order valence-electron chi connectivity index (χ3n) is 2.98. The fraction of sp³-hybridized carbons (Fsp3) is 0.267. The molecule has 24 heavy (non-hydrogen) atoms. The van der Waals surface area contributed by atoms with Gasteiger partial charge in [-0.25, -0.2) is 0 Å². The number of carbonyl (C=O) groups is 1. The minimum atomic E-state index is -4.47. The number of hydrogen-bond acceptors (Lipinski definition) is 5. The van der Waals surface area contributed by atoms with E-state index in [-0.39, 0.29) is 30.5 Å². The fourth-order valence-electron chi connectivity index (χ4n) is 1.84. The Labute approximate surface area is 136 Å². The zero-order valence-electron chi connectivity index (χ0n) is 12.7. The van der Waals surface area contributed by atoms with Crippen LogP contribution in [0.4, 0.5) is 19.0 Å². The van der Waals surface area contributed by atoms with Crippen molar-refractivity contribution in [2.45, 2.75) is 6.18 Å². The molecule has 1 heterocycles. The number of alkyl halides is 3. The van der Waals surface area contributed by atoms with Gasteiger partial charge in [0.1, 0.15) is 18.2 Å².